The highest BCUT2D eigenvalue weighted by molar-refractivity contribution is 6.37. The molecule has 0 spiro atoms. The highest BCUT2D eigenvalue weighted by Gasteiger charge is 2.19. The molecule has 4 aromatic rings. The van der Waals surface area contributed by atoms with E-state index in [0.29, 0.717) is 40.3 Å². The Hall–Kier alpha value is -3.56. The molecule has 0 aliphatic carbocycles. The third-order valence-corrected chi connectivity index (χ3v) is 7.23. The smallest absolute Gasteiger partial charge is 0.272 e. The molecule has 3 aromatic carbocycles. The quantitative estimate of drug-likeness (QED) is 0.178. The van der Waals surface area contributed by atoms with Gasteiger partial charge in [0.2, 0.25) is 5.91 Å². The number of hydrogen-bond donors (Lipinski definition) is 3. The van der Waals surface area contributed by atoms with E-state index in [4.69, 9.17) is 39.5 Å². The summed E-state index contributed by atoms with van der Waals surface area (Å²) in [6.45, 7) is 4.71. The summed E-state index contributed by atoms with van der Waals surface area (Å²) in [5, 5.41) is 10.4. The van der Waals surface area contributed by atoms with Crippen molar-refractivity contribution < 1.29 is 19.1 Å². The van der Waals surface area contributed by atoms with Crippen molar-refractivity contribution in [3.8, 4) is 0 Å². The van der Waals surface area contributed by atoms with Gasteiger partial charge in [-0.1, -0.05) is 54.7 Å². The number of carbonyl (C=O) groups is 3. The van der Waals surface area contributed by atoms with E-state index >= 15 is 0 Å². The Kier molecular flexibility index (Phi) is 9.94. The van der Waals surface area contributed by atoms with Gasteiger partial charge in [-0.05, 0) is 60.2 Å². The van der Waals surface area contributed by atoms with Crippen LogP contribution in [0.1, 0.15) is 40.3 Å². The average Bonchev–Trinajstić information content (AvgIpc) is 3.30. The van der Waals surface area contributed by atoms with Crippen LogP contribution in [0.25, 0.3) is 10.9 Å². The molecule has 3 amide bonds. The predicted octanol–water partition coefficient (Wildman–Crippen LogP) is 7.02. The third-order valence-electron chi connectivity index (χ3n) is 6.36. The first kappa shape index (κ1) is 30.4. The molecule has 3 N–H and O–H groups in total. The second-order valence-corrected chi connectivity index (χ2v) is 10.9. The monoisotopic (exact) mass is 614 g/mol. The molecule has 0 fully saturated rings. The topological polar surface area (TPSA) is 101 Å². The molecular weight excluding hydrogens is 587 g/mol. The lowest BCUT2D eigenvalue weighted by molar-refractivity contribution is -0.124. The van der Waals surface area contributed by atoms with Gasteiger partial charge in [-0.3, -0.25) is 14.4 Å². The van der Waals surface area contributed by atoms with Crippen molar-refractivity contribution in [3.05, 3.63) is 92.6 Å². The number of halogens is 3. The molecule has 1 heterocycles. The minimum absolute atomic E-state index is 0.0824. The zero-order valence-electron chi connectivity index (χ0n) is 22.7. The van der Waals surface area contributed by atoms with E-state index in [1.807, 2.05) is 24.5 Å². The van der Waals surface area contributed by atoms with E-state index in [-0.39, 0.29) is 34.9 Å². The fourth-order valence-corrected chi connectivity index (χ4v) is 4.84. The Morgan fingerprint density at radius 2 is 1.66 bits per heavy atom. The summed E-state index contributed by atoms with van der Waals surface area (Å²) in [6, 6.07) is 17.0. The average molecular weight is 616 g/mol. The fraction of sp³-hybridized carbons (Fsp3) is 0.233. The van der Waals surface area contributed by atoms with Crippen LogP contribution >= 0.6 is 34.8 Å². The van der Waals surface area contributed by atoms with Gasteiger partial charge in [0.05, 0.1) is 27.9 Å². The molecule has 8 nitrogen and oxygen atoms in total. The van der Waals surface area contributed by atoms with Gasteiger partial charge in [0.25, 0.3) is 11.8 Å². The maximum Gasteiger partial charge on any atom is 0.272 e. The molecule has 0 radical (unpaired) electrons. The zero-order valence-corrected chi connectivity index (χ0v) is 25.0. The Morgan fingerprint density at radius 1 is 0.878 bits per heavy atom. The molecular formula is C30H29Cl3N4O4. The maximum atomic E-state index is 13.3. The van der Waals surface area contributed by atoms with Gasteiger partial charge in [0.15, 0.2) is 0 Å². The Morgan fingerprint density at radius 3 is 2.37 bits per heavy atom. The van der Waals surface area contributed by atoms with Gasteiger partial charge < -0.3 is 25.3 Å². The Labute approximate surface area is 252 Å². The summed E-state index contributed by atoms with van der Waals surface area (Å²) in [5.74, 6) is -0.993. The van der Waals surface area contributed by atoms with Crippen LogP contribution in [0.15, 0.2) is 60.7 Å². The molecule has 0 aliphatic heterocycles. The second kappa shape index (κ2) is 13.4. The summed E-state index contributed by atoms with van der Waals surface area (Å²) in [6.07, 6.45) is 0. The maximum absolute atomic E-state index is 13.3. The number of ether oxygens (including phenoxy) is 1. The number of nitrogens with one attached hydrogen (secondary N) is 3. The Balaban J connectivity index is 1.58. The van der Waals surface area contributed by atoms with Crippen LogP contribution in [0.4, 0.5) is 11.4 Å². The van der Waals surface area contributed by atoms with Gasteiger partial charge in [-0.15, -0.1) is 0 Å². The van der Waals surface area contributed by atoms with E-state index in [2.05, 4.69) is 16.0 Å². The summed E-state index contributed by atoms with van der Waals surface area (Å²) in [4.78, 5) is 38.4. The molecule has 41 heavy (non-hydrogen) atoms. The van der Waals surface area contributed by atoms with Crippen molar-refractivity contribution in [2.24, 2.45) is 5.92 Å². The number of carbonyl (C=O) groups excluding carboxylic acids is 3. The van der Waals surface area contributed by atoms with Crippen LogP contribution in [-0.2, 0) is 22.6 Å². The molecule has 0 aliphatic rings. The SMILES string of the molecule is COCCn1c(C(=O)Nc2ccc(Cl)cc2Cl)cc2cc(NC(=O)c3cc(CNC(=O)C(C)C)ccc3Cl)ccc21. The number of amides is 3. The second-order valence-electron chi connectivity index (χ2n) is 9.67. The number of aromatic nitrogens is 1. The number of benzene rings is 3. The van der Waals surface area contributed by atoms with Crippen LogP contribution in [0.3, 0.4) is 0 Å². The molecule has 214 valence electrons. The molecule has 0 saturated heterocycles. The normalized spacial score (nSPS) is 11.1. The van der Waals surface area contributed by atoms with Crippen molar-refractivity contribution in [1.82, 2.24) is 9.88 Å². The van der Waals surface area contributed by atoms with Gasteiger partial charge in [0, 0.05) is 47.7 Å². The number of methoxy groups -OCH3 is 1. The van der Waals surface area contributed by atoms with Crippen LogP contribution in [0.2, 0.25) is 15.1 Å². The van der Waals surface area contributed by atoms with E-state index in [9.17, 15) is 14.4 Å². The largest absolute Gasteiger partial charge is 0.383 e. The van der Waals surface area contributed by atoms with Gasteiger partial charge in [-0.2, -0.15) is 0 Å². The minimum atomic E-state index is -0.402. The molecule has 4 rings (SSSR count). The molecule has 1 aromatic heterocycles. The molecule has 0 saturated carbocycles. The first-order chi connectivity index (χ1) is 19.6. The van der Waals surface area contributed by atoms with Gasteiger partial charge >= 0.3 is 0 Å². The van der Waals surface area contributed by atoms with Gasteiger partial charge in [0.1, 0.15) is 5.69 Å². The van der Waals surface area contributed by atoms with Crippen molar-refractivity contribution in [2.75, 3.05) is 24.4 Å². The molecule has 11 heteroatoms. The third kappa shape index (κ3) is 7.40. The lowest BCUT2D eigenvalue weighted by Gasteiger charge is -2.12. The van der Waals surface area contributed by atoms with Crippen molar-refractivity contribution in [3.63, 3.8) is 0 Å². The first-order valence-corrected chi connectivity index (χ1v) is 14.0. The number of anilines is 2. The van der Waals surface area contributed by atoms with Gasteiger partial charge in [-0.25, -0.2) is 0 Å². The highest BCUT2D eigenvalue weighted by Crippen LogP contribution is 2.29. The van der Waals surface area contributed by atoms with Crippen LogP contribution in [-0.4, -0.2) is 36.0 Å². The van der Waals surface area contributed by atoms with Crippen LogP contribution in [0.5, 0.6) is 0 Å². The molecule has 0 unspecified atom stereocenters. The van der Waals surface area contributed by atoms with Crippen LogP contribution in [0, 0.1) is 5.92 Å². The van der Waals surface area contributed by atoms with E-state index < -0.39 is 5.91 Å². The zero-order chi connectivity index (χ0) is 29.7. The number of rotatable bonds is 10. The first-order valence-electron chi connectivity index (χ1n) is 12.8. The summed E-state index contributed by atoms with van der Waals surface area (Å²) in [5.41, 5.74) is 3.16. The predicted molar refractivity (Wildman–Crippen MR) is 164 cm³/mol. The number of nitrogens with zero attached hydrogens (tertiary/aromatic N) is 1. The lowest BCUT2D eigenvalue weighted by atomic mass is 10.1. The molecule has 0 bridgehead atoms. The van der Waals surface area contributed by atoms with Crippen molar-refractivity contribution >= 4 is 74.8 Å². The lowest BCUT2D eigenvalue weighted by Crippen LogP contribution is -2.27. The summed E-state index contributed by atoms with van der Waals surface area (Å²) in [7, 11) is 1.59. The van der Waals surface area contributed by atoms with Crippen molar-refractivity contribution in [1.29, 1.82) is 0 Å². The van der Waals surface area contributed by atoms with E-state index in [1.165, 1.54) is 0 Å². The summed E-state index contributed by atoms with van der Waals surface area (Å²) < 4.78 is 7.10. The highest BCUT2D eigenvalue weighted by atomic mass is 35.5. The fourth-order valence-electron chi connectivity index (χ4n) is 4.19. The Bertz CT molecular complexity index is 1620. The number of hydrogen-bond acceptors (Lipinski definition) is 4. The standard InChI is InChI=1S/C30H29Cl3N4O4/c1-17(2)28(38)34-16-18-4-7-23(32)22(12-18)29(39)35-21-6-9-26-19(13-21)14-27(37(26)10-11-41-3)30(40)36-25-8-5-20(31)15-24(25)33/h4-9,12-15,17H,10-11,16H2,1-3H3,(H,34,38)(H,35,39)(H,36,40). The van der Waals surface area contributed by atoms with E-state index in [1.54, 1.807) is 61.7 Å². The summed E-state index contributed by atoms with van der Waals surface area (Å²) >= 11 is 18.6. The van der Waals surface area contributed by atoms with E-state index in [0.717, 1.165) is 16.5 Å². The molecule has 0 atom stereocenters. The minimum Gasteiger partial charge on any atom is -0.383 e. The number of fused-ring (bicyclic) bond motifs is 1. The van der Waals surface area contributed by atoms with Crippen LogP contribution < -0.4 is 16.0 Å². The van der Waals surface area contributed by atoms with Crippen molar-refractivity contribution in [2.45, 2.75) is 26.9 Å².